The molecule has 2 aromatic rings. The summed E-state index contributed by atoms with van der Waals surface area (Å²) in [4.78, 5) is 14.4. The van der Waals surface area contributed by atoms with Crippen molar-refractivity contribution in [2.24, 2.45) is 0 Å². The summed E-state index contributed by atoms with van der Waals surface area (Å²) in [6.07, 6.45) is 0.527. The summed E-state index contributed by atoms with van der Waals surface area (Å²) in [5, 5.41) is 0.0407. The summed E-state index contributed by atoms with van der Waals surface area (Å²) in [6, 6.07) is 2.72. The van der Waals surface area contributed by atoms with Crippen molar-refractivity contribution in [1.82, 2.24) is 4.98 Å². The van der Waals surface area contributed by atoms with Crippen LogP contribution in [0.2, 0.25) is 5.15 Å². The van der Waals surface area contributed by atoms with Gasteiger partial charge in [-0.1, -0.05) is 22.9 Å². The van der Waals surface area contributed by atoms with Gasteiger partial charge in [-0.2, -0.15) is 4.98 Å². The van der Waals surface area contributed by atoms with Gasteiger partial charge in [-0.05, 0) is 0 Å². The zero-order valence-electron chi connectivity index (χ0n) is 8.12. The van der Waals surface area contributed by atoms with Crippen molar-refractivity contribution in [2.75, 3.05) is 0 Å². The lowest BCUT2D eigenvalue weighted by Crippen LogP contribution is -1.86. The molecule has 0 radical (unpaired) electrons. The lowest BCUT2D eigenvalue weighted by atomic mass is 10.3. The van der Waals surface area contributed by atoms with E-state index in [1.807, 2.05) is 0 Å². The number of hydrogen-bond donors (Lipinski definition) is 0. The van der Waals surface area contributed by atoms with E-state index in [0.29, 0.717) is 6.29 Å². The second-order valence-electron chi connectivity index (χ2n) is 2.96. The first-order valence-electron chi connectivity index (χ1n) is 4.34. The zero-order chi connectivity index (χ0) is 12.4. The molecule has 0 amide bonds. The average Bonchev–Trinajstić information content (AvgIpc) is 2.57. The Balaban J connectivity index is 2.27. The number of carbonyl (C=O) groups is 1. The first-order chi connectivity index (χ1) is 8.08. The number of halogens is 3. The van der Waals surface area contributed by atoms with Crippen LogP contribution in [0.4, 0.5) is 8.78 Å². The molecule has 88 valence electrons. The molecule has 1 aromatic heterocycles. The number of thiazole rings is 1. The predicted molar refractivity (Wildman–Crippen MR) is 58.9 cm³/mol. The average molecular weight is 276 g/mol. The van der Waals surface area contributed by atoms with E-state index in [1.165, 1.54) is 0 Å². The van der Waals surface area contributed by atoms with Gasteiger partial charge in [-0.15, -0.1) is 0 Å². The molecule has 0 aliphatic carbocycles. The number of ether oxygens (including phenoxy) is 1. The molecule has 7 heteroatoms. The van der Waals surface area contributed by atoms with Gasteiger partial charge in [0.15, 0.2) is 11.4 Å². The Bertz CT molecular complexity index is 553. The maximum absolute atomic E-state index is 12.9. The van der Waals surface area contributed by atoms with Gasteiger partial charge < -0.3 is 4.74 Å². The Hall–Kier alpha value is -1.53. The third kappa shape index (κ3) is 2.78. The maximum Gasteiger partial charge on any atom is 0.280 e. The Kier molecular flexibility index (Phi) is 3.35. The Labute approximate surface area is 104 Å². The number of carbonyl (C=O) groups excluding carboxylic acids is 1. The highest BCUT2D eigenvalue weighted by Crippen LogP contribution is 2.31. The van der Waals surface area contributed by atoms with Crippen molar-refractivity contribution < 1.29 is 18.3 Å². The number of hydrogen-bond acceptors (Lipinski definition) is 4. The molecular weight excluding hydrogens is 272 g/mol. The van der Waals surface area contributed by atoms with Crippen molar-refractivity contribution in [2.45, 2.75) is 0 Å². The summed E-state index contributed by atoms with van der Waals surface area (Å²) in [5.74, 6) is -1.58. The molecule has 0 bridgehead atoms. The van der Waals surface area contributed by atoms with Gasteiger partial charge in [0.2, 0.25) is 0 Å². The maximum atomic E-state index is 12.9. The second-order valence-corrected chi connectivity index (χ2v) is 4.31. The monoisotopic (exact) mass is 275 g/mol. The minimum absolute atomic E-state index is 0.00289. The van der Waals surface area contributed by atoms with Crippen LogP contribution in [0.5, 0.6) is 10.9 Å². The highest BCUT2D eigenvalue weighted by atomic mass is 35.5. The van der Waals surface area contributed by atoms with E-state index >= 15 is 0 Å². The lowest BCUT2D eigenvalue weighted by molar-refractivity contribution is 0.112. The van der Waals surface area contributed by atoms with E-state index < -0.39 is 11.6 Å². The van der Waals surface area contributed by atoms with Crippen LogP contribution < -0.4 is 4.74 Å². The third-order valence-corrected chi connectivity index (χ3v) is 3.00. The molecule has 0 unspecified atom stereocenters. The molecule has 3 nitrogen and oxygen atoms in total. The van der Waals surface area contributed by atoms with Gasteiger partial charge >= 0.3 is 0 Å². The van der Waals surface area contributed by atoms with Crippen LogP contribution >= 0.6 is 22.9 Å². The molecular formula is C10H4ClF2NO2S. The van der Waals surface area contributed by atoms with Gasteiger partial charge in [0, 0.05) is 18.2 Å². The minimum Gasteiger partial charge on any atom is -0.431 e. The lowest BCUT2D eigenvalue weighted by Gasteiger charge is -2.01. The summed E-state index contributed by atoms with van der Waals surface area (Å²) < 4.78 is 30.8. The Morgan fingerprint density at radius 3 is 2.47 bits per heavy atom. The minimum atomic E-state index is -0.765. The van der Waals surface area contributed by atoms with E-state index in [9.17, 15) is 13.6 Å². The molecule has 0 aliphatic rings. The van der Waals surface area contributed by atoms with Crippen molar-refractivity contribution in [3.63, 3.8) is 0 Å². The highest BCUT2D eigenvalue weighted by Gasteiger charge is 2.11. The van der Waals surface area contributed by atoms with Crippen LogP contribution in [0, 0.1) is 11.6 Å². The quantitative estimate of drug-likeness (QED) is 0.802. The van der Waals surface area contributed by atoms with Gasteiger partial charge in [-0.25, -0.2) is 8.78 Å². The van der Waals surface area contributed by atoms with Crippen molar-refractivity contribution in [3.05, 3.63) is 39.9 Å². The van der Waals surface area contributed by atoms with Gasteiger partial charge in [0.1, 0.15) is 22.3 Å². The van der Waals surface area contributed by atoms with Crippen molar-refractivity contribution in [3.8, 4) is 10.9 Å². The van der Waals surface area contributed by atoms with Crippen molar-refractivity contribution >= 4 is 29.2 Å². The van der Waals surface area contributed by atoms with Crippen LogP contribution in [0.3, 0.4) is 0 Å². The summed E-state index contributed by atoms with van der Waals surface area (Å²) >= 11 is 6.50. The number of aldehydes is 1. The van der Waals surface area contributed by atoms with Crippen molar-refractivity contribution in [1.29, 1.82) is 0 Å². The van der Waals surface area contributed by atoms with E-state index in [0.717, 1.165) is 29.5 Å². The molecule has 0 saturated carbocycles. The van der Waals surface area contributed by atoms with E-state index in [1.54, 1.807) is 0 Å². The Morgan fingerprint density at radius 1 is 1.29 bits per heavy atom. The fraction of sp³-hybridized carbons (Fsp3) is 0. The van der Waals surface area contributed by atoms with Gasteiger partial charge in [0.05, 0.1) is 0 Å². The van der Waals surface area contributed by atoms with Crippen LogP contribution in [0.25, 0.3) is 0 Å². The first-order valence-corrected chi connectivity index (χ1v) is 5.53. The molecule has 0 N–H and O–H groups in total. The molecule has 1 aromatic carbocycles. The van der Waals surface area contributed by atoms with Crippen LogP contribution in [-0.4, -0.2) is 11.3 Å². The topological polar surface area (TPSA) is 39.2 Å². The number of benzene rings is 1. The number of aromatic nitrogens is 1. The van der Waals surface area contributed by atoms with Crippen LogP contribution in [-0.2, 0) is 0 Å². The molecule has 0 atom stereocenters. The SMILES string of the molecule is O=Cc1sc(Oc2cc(F)cc(F)c2)nc1Cl. The smallest absolute Gasteiger partial charge is 0.280 e. The first kappa shape index (κ1) is 11.9. The largest absolute Gasteiger partial charge is 0.431 e. The predicted octanol–water partition coefficient (Wildman–Crippen LogP) is 3.68. The van der Waals surface area contributed by atoms with E-state index in [4.69, 9.17) is 16.3 Å². The third-order valence-electron chi connectivity index (χ3n) is 1.74. The Morgan fingerprint density at radius 2 is 1.94 bits per heavy atom. The fourth-order valence-corrected chi connectivity index (χ4v) is 2.03. The standard InChI is InChI=1S/C10H4ClF2NO2S/c11-9-8(4-15)17-10(14-9)16-7-2-5(12)1-6(13)3-7/h1-4H. The summed E-state index contributed by atoms with van der Waals surface area (Å²) in [5.41, 5.74) is 0. The number of rotatable bonds is 3. The molecule has 0 saturated heterocycles. The van der Waals surface area contributed by atoms with Gasteiger partial charge in [-0.3, -0.25) is 4.79 Å². The van der Waals surface area contributed by atoms with Gasteiger partial charge in [0.25, 0.3) is 5.19 Å². The van der Waals surface area contributed by atoms with Crippen LogP contribution in [0.15, 0.2) is 18.2 Å². The normalized spacial score (nSPS) is 10.3. The zero-order valence-corrected chi connectivity index (χ0v) is 9.69. The molecule has 2 rings (SSSR count). The van der Waals surface area contributed by atoms with Crippen LogP contribution in [0.1, 0.15) is 9.67 Å². The molecule has 1 heterocycles. The molecule has 0 fully saturated rings. The fourth-order valence-electron chi connectivity index (χ4n) is 1.10. The molecule has 0 spiro atoms. The highest BCUT2D eigenvalue weighted by molar-refractivity contribution is 7.15. The second kappa shape index (κ2) is 4.77. The molecule has 17 heavy (non-hydrogen) atoms. The van der Waals surface area contributed by atoms with E-state index in [2.05, 4.69) is 4.98 Å². The number of nitrogens with zero attached hydrogens (tertiary/aromatic N) is 1. The van der Waals surface area contributed by atoms with E-state index in [-0.39, 0.29) is 21.0 Å². The molecule has 0 aliphatic heterocycles. The summed E-state index contributed by atoms with van der Waals surface area (Å²) in [7, 11) is 0. The summed E-state index contributed by atoms with van der Waals surface area (Å²) in [6.45, 7) is 0.